The molecule has 0 amide bonds. The molecule has 22 heavy (non-hydrogen) atoms. The highest BCUT2D eigenvalue weighted by Gasteiger charge is 2.35. The fourth-order valence-corrected chi connectivity index (χ4v) is 3.69. The fourth-order valence-electron chi connectivity index (χ4n) is 3.69. The number of rotatable bonds is 4. The Morgan fingerprint density at radius 3 is 2.05 bits per heavy atom. The number of piperidine rings is 1. The van der Waals surface area contributed by atoms with Gasteiger partial charge in [0.1, 0.15) is 5.60 Å². The maximum absolute atomic E-state index is 11.6. The van der Waals surface area contributed by atoms with Crippen molar-refractivity contribution < 1.29 is 5.11 Å². The van der Waals surface area contributed by atoms with Gasteiger partial charge in [0.05, 0.1) is 0 Å². The van der Waals surface area contributed by atoms with E-state index in [0.29, 0.717) is 5.92 Å². The van der Waals surface area contributed by atoms with Crippen molar-refractivity contribution in [3.05, 3.63) is 71.8 Å². The molecule has 1 aliphatic rings. The number of nitrogens with zero attached hydrogens (tertiary/aromatic N) is 1. The lowest BCUT2D eigenvalue weighted by molar-refractivity contribution is 0.0367. The van der Waals surface area contributed by atoms with Gasteiger partial charge < -0.3 is 10.0 Å². The van der Waals surface area contributed by atoms with Crippen molar-refractivity contribution in [3.63, 3.8) is 0 Å². The second-order valence-electron chi connectivity index (χ2n) is 6.57. The first-order chi connectivity index (χ1) is 10.7. The largest absolute Gasteiger partial charge is 0.380 e. The first-order valence-electron chi connectivity index (χ1n) is 8.20. The molecule has 1 atom stereocenters. The molecule has 0 unspecified atom stereocenters. The van der Waals surface area contributed by atoms with Gasteiger partial charge in [-0.3, -0.25) is 0 Å². The maximum Gasteiger partial charge on any atom is 0.115 e. The minimum atomic E-state index is -0.897. The average molecular weight is 295 g/mol. The van der Waals surface area contributed by atoms with Gasteiger partial charge in [-0.05, 0) is 49.9 Å². The zero-order chi connectivity index (χ0) is 15.4. The number of aliphatic hydroxyl groups is 1. The topological polar surface area (TPSA) is 23.5 Å². The fraction of sp³-hybridized carbons (Fsp3) is 0.400. The summed E-state index contributed by atoms with van der Waals surface area (Å²) >= 11 is 0. The molecule has 0 aromatic heterocycles. The van der Waals surface area contributed by atoms with Crippen LogP contribution in [0.25, 0.3) is 0 Å². The lowest BCUT2D eigenvalue weighted by Gasteiger charge is -2.37. The molecule has 1 heterocycles. The van der Waals surface area contributed by atoms with Crippen LogP contribution in [-0.2, 0) is 5.60 Å². The summed E-state index contributed by atoms with van der Waals surface area (Å²) in [4.78, 5) is 2.38. The van der Waals surface area contributed by atoms with Crippen molar-refractivity contribution in [2.75, 3.05) is 20.1 Å². The van der Waals surface area contributed by atoms with Gasteiger partial charge >= 0.3 is 0 Å². The molecule has 2 nitrogen and oxygen atoms in total. The van der Waals surface area contributed by atoms with Crippen LogP contribution in [0.4, 0.5) is 0 Å². The molecule has 0 bridgehead atoms. The molecule has 1 N–H and O–H groups in total. The van der Waals surface area contributed by atoms with E-state index in [1.54, 1.807) is 0 Å². The molecular weight excluding hydrogens is 270 g/mol. The second kappa shape index (κ2) is 6.64. The highest BCUT2D eigenvalue weighted by molar-refractivity contribution is 5.36. The van der Waals surface area contributed by atoms with Crippen molar-refractivity contribution in [1.29, 1.82) is 0 Å². The number of benzene rings is 2. The summed E-state index contributed by atoms with van der Waals surface area (Å²) < 4.78 is 0. The van der Waals surface area contributed by atoms with E-state index < -0.39 is 5.60 Å². The SMILES string of the molecule is CN1CCC[C@H](CC(O)(c2ccccc2)c2ccccc2)C1. The quantitative estimate of drug-likeness (QED) is 0.930. The third-order valence-corrected chi connectivity index (χ3v) is 4.81. The molecule has 3 rings (SSSR count). The molecule has 116 valence electrons. The molecule has 0 radical (unpaired) electrons. The zero-order valence-corrected chi connectivity index (χ0v) is 13.3. The van der Waals surface area contributed by atoms with Gasteiger partial charge in [0, 0.05) is 6.54 Å². The molecule has 2 aromatic carbocycles. The van der Waals surface area contributed by atoms with Crippen LogP contribution in [0.5, 0.6) is 0 Å². The Kier molecular flexibility index (Phi) is 4.60. The normalized spacial score (nSPS) is 20.0. The van der Waals surface area contributed by atoms with E-state index >= 15 is 0 Å². The Morgan fingerprint density at radius 1 is 1.00 bits per heavy atom. The summed E-state index contributed by atoms with van der Waals surface area (Å²) in [5.74, 6) is 0.532. The molecule has 1 fully saturated rings. The van der Waals surface area contributed by atoms with Gasteiger partial charge in [0.25, 0.3) is 0 Å². The lowest BCUT2D eigenvalue weighted by Crippen LogP contribution is -2.38. The predicted octanol–water partition coefficient (Wildman–Crippen LogP) is 3.65. The van der Waals surface area contributed by atoms with Crippen LogP contribution in [0.15, 0.2) is 60.7 Å². The van der Waals surface area contributed by atoms with Crippen molar-refractivity contribution in [3.8, 4) is 0 Å². The summed E-state index contributed by atoms with van der Waals surface area (Å²) in [6, 6.07) is 20.2. The third kappa shape index (κ3) is 3.23. The van der Waals surface area contributed by atoms with Gasteiger partial charge in [-0.2, -0.15) is 0 Å². The molecular formula is C20H25NO. The number of hydrogen-bond donors (Lipinski definition) is 1. The van der Waals surface area contributed by atoms with E-state index in [0.717, 1.165) is 24.1 Å². The maximum atomic E-state index is 11.6. The molecule has 0 spiro atoms. The standard InChI is InChI=1S/C20H25NO/c1-21-14-8-9-17(16-21)15-20(22,18-10-4-2-5-11-18)19-12-6-3-7-13-19/h2-7,10-13,17,22H,8-9,14-16H2,1H3/t17-/m1/s1. The van der Waals surface area contributed by atoms with E-state index in [1.165, 1.54) is 19.4 Å². The molecule has 2 aromatic rings. The van der Waals surface area contributed by atoms with Crippen LogP contribution in [0, 0.1) is 5.92 Å². The van der Waals surface area contributed by atoms with Crippen LogP contribution in [0.3, 0.4) is 0 Å². The van der Waals surface area contributed by atoms with E-state index in [4.69, 9.17) is 0 Å². The van der Waals surface area contributed by atoms with Crippen molar-refractivity contribution in [2.24, 2.45) is 5.92 Å². The van der Waals surface area contributed by atoms with E-state index in [1.807, 2.05) is 60.7 Å². The van der Waals surface area contributed by atoms with Gasteiger partial charge in [-0.25, -0.2) is 0 Å². The number of likely N-dealkylation sites (tertiary alicyclic amines) is 1. The minimum Gasteiger partial charge on any atom is -0.380 e. The molecule has 1 saturated heterocycles. The summed E-state index contributed by atoms with van der Waals surface area (Å²) in [6.07, 6.45) is 3.21. The average Bonchev–Trinajstić information content (AvgIpc) is 2.56. The van der Waals surface area contributed by atoms with Crippen LogP contribution in [-0.4, -0.2) is 30.1 Å². The highest BCUT2D eigenvalue weighted by Crippen LogP contribution is 2.37. The highest BCUT2D eigenvalue weighted by atomic mass is 16.3. The van der Waals surface area contributed by atoms with Crippen molar-refractivity contribution >= 4 is 0 Å². The smallest absolute Gasteiger partial charge is 0.115 e. The van der Waals surface area contributed by atoms with Gasteiger partial charge in [0.2, 0.25) is 0 Å². The van der Waals surface area contributed by atoms with E-state index in [9.17, 15) is 5.11 Å². The molecule has 1 aliphatic heterocycles. The van der Waals surface area contributed by atoms with E-state index in [-0.39, 0.29) is 0 Å². The summed E-state index contributed by atoms with van der Waals surface area (Å²) in [5.41, 5.74) is 1.09. The van der Waals surface area contributed by atoms with E-state index in [2.05, 4.69) is 11.9 Å². The van der Waals surface area contributed by atoms with Crippen molar-refractivity contribution in [2.45, 2.75) is 24.9 Å². The minimum absolute atomic E-state index is 0.532. The third-order valence-electron chi connectivity index (χ3n) is 4.81. The summed E-state index contributed by atoms with van der Waals surface area (Å²) in [5, 5.41) is 11.6. The van der Waals surface area contributed by atoms with Gasteiger partial charge in [-0.1, -0.05) is 60.7 Å². The van der Waals surface area contributed by atoms with Crippen LogP contribution in [0.2, 0.25) is 0 Å². The first kappa shape index (κ1) is 15.3. The van der Waals surface area contributed by atoms with Gasteiger partial charge in [0.15, 0.2) is 0 Å². The molecule has 2 heteroatoms. The van der Waals surface area contributed by atoms with Crippen molar-refractivity contribution in [1.82, 2.24) is 4.90 Å². The Hall–Kier alpha value is -1.64. The summed E-state index contributed by atoms with van der Waals surface area (Å²) in [6.45, 7) is 2.24. The summed E-state index contributed by atoms with van der Waals surface area (Å²) in [7, 11) is 2.18. The number of hydrogen-bond acceptors (Lipinski definition) is 2. The Balaban J connectivity index is 1.93. The Bertz CT molecular complexity index is 542. The first-order valence-corrected chi connectivity index (χ1v) is 8.20. The monoisotopic (exact) mass is 295 g/mol. The zero-order valence-electron chi connectivity index (χ0n) is 13.3. The molecule has 0 aliphatic carbocycles. The van der Waals surface area contributed by atoms with Gasteiger partial charge in [-0.15, -0.1) is 0 Å². The Labute approximate surface area is 133 Å². The van der Waals surface area contributed by atoms with Crippen LogP contribution < -0.4 is 0 Å². The second-order valence-corrected chi connectivity index (χ2v) is 6.57. The lowest BCUT2D eigenvalue weighted by atomic mass is 9.77. The molecule has 0 saturated carbocycles. The van der Waals surface area contributed by atoms with Crippen LogP contribution in [0.1, 0.15) is 30.4 Å². The predicted molar refractivity (Wildman–Crippen MR) is 90.7 cm³/mol. The Morgan fingerprint density at radius 2 is 1.55 bits per heavy atom. The van der Waals surface area contributed by atoms with Crippen LogP contribution >= 0.6 is 0 Å².